The van der Waals surface area contributed by atoms with E-state index >= 15 is 0 Å². The molecule has 0 aliphatic carbocycles. The molecule has 0 aromatic carbocycles. The lowest BCUT2D eigenvalue weighted by molar-refractivity contribution is 0.401. The summed E-state index contributed by atoms with van der Waals surface area (Å²) in [6.07, 6.45) is 4.97. The summed E-state index contributed by atoms with van der Waals surface area (Å²) in [7, 11) is 0. The van der Waals surface area contributed by atoms with E-state index in [1.54, 1.807) is 0 Å². The van der Waals surface area contributed by atoms with E-state index in [9.17, 15) is 0 Å². The molecule has 1 rings (SSSR count). The Kier molecular flexibility index (Phi) is 4.62. The second kappa shape index (κ2) is 5.51. The van der Waals surface area contributed by atoms with Crippen LogP contribution in [0.5, 0.6) is 0 Å². The third-order valence-corrected chi connectivity index (χ3v) is 2.65. The predicted molar refractivity (Wildman–Crippen MR) is 62.3 cm³/mol. The van der Waals surface area contributed by atoms with Crippen molar-refractivity contribution in [2.75, 3.05) is 0 Å². The maximum Gasteiger partial charge on any atom is 0.0632 e. The molecule has 0 bridgehead atoms. The number of hydrogen-bond acceptors (Lipinski definition) is 2. The van der Waals surface area contributed by atoms with E-state index in [1.165, 1.54) is 0 Å². The number of rotatable bonds is 5. The van der Waals surface area contributed by atoms with Crippen molar-refractivity contribution >= 4 is 15.9 Å². The van der Waals surface area contributed by atoms with Crippen molar-refractivity contribution in [2.24, 2.45) is 0 Å². The lowest BCUT2D eigenvalue weighted by Gasteiger charge is -2.18. The van der Waals surface area contributed by atoms with Gasteiger partial charge < -0.3 is 5.32 Å². The monoisotopic (exact) mass is 259 g/mol. The normalized spacial score (nSPS) is 15.4. The topological polar surface area (TPSA) is 29.9 Å². The summed E-state index contributed by atoms with van der Waals surface area (Å²) in [4.78, 5) is 0. The zero-order chi connectivity index (χ0) is 10.6. The van der Waals surface area contributed by atoms with E-state index in [4.69, 9.17) is 0 Å². The van der Waals surface area contributed by atoms with E-state index in [0.29, 0.717) is 12.1 Å². The van der Waals surface area contributed by atoms with Gasteiger partial charge in [-0.2, -0.15) is 5.10 Å². The maximum absolute atomic E-state index is 4.22. The van der Waals surface area contributed by atoms with Gasteiger partial charge in [-0.05, 0) is 36.2 Å². The number of hydrogen-bond donors (Lipinski definition) is 1. The van der Waals surface area contributed by atoms with Crippen molar-refractivity contribution in [2.45, 2.75) is 45.8 Å². The van der Waals surface area contributed by atoms with Crippen LogP contribution in [-0.2, 0) is 6.54 Å². The highest BCUT2D eigenvalue weighted by molar-refractivity contribution is 9.10. The average Bonchev–Trinajstić information content (AvgIpc) is 2.50. The lowest BCUT2D eigenvalue weighted by atomic mass is 10.2. The van der Waals surface area contributed by atoms with Gasteiger partial charge >= 0.3 is 0 Å². The molecule has 0 spiro atoms. The van der Waals surface area contributed by atoms with Gasteiger partial charge in [-0.25, -0.2) is 0 Å². The van der Waals surface area contributed by atoms with Crippen molar-refractivity contribution < 1.29 is 0 Å². The minimum atomic E-state index is 0.455. The third kappa shape index (κ3) is 3.80. The molecular formula is C10H18BrN3. The van der Waals surface area contributed by atoms with Crippen LogP contribution in [0.25, 0.3) is 0 Å². The van der Waals surface area contributed by atoms with Crippen LogP contribution in [0.15, 0.2) is 16.9 Å². The maximum atomic E-state index is 4.22. The summed E-state index contributed by atoms with van der Waals surface area (Å²) in [5.74, 6) is 0. The number of aromatic nitrogens is 2. The predicted octanol–water partition coefficient (Wildman–Crippen LogP) is 2.42. The van der Waals surface area contributed by atoms with Gasteiger partial charge in [0.25, 0.3) is 0 Å². The summed E-state index contributed by atoms with van der Waals surface area (Å²) in [5.41, 5.74) is 0. The molecule has 0 radical (unpaired) electrons. The summed E-state index contributed by atoms with van der Waals surface area (Å²) in [6.45, 7) is 7.49. The number of nitrogens with one attached hydrogen (secondary N) is 1. The fraction of sp³-hybridized carbons (Fsp3) is 0.700. The molecule has 1 heterocycles. The Morgan fingerprint density at radius 1 is 1.50 bits per heavy atom. The van der Waals surface area contributed by atoms with Crippen LogP contribution in [-0.4, -0.2) is 21.9 Å². The van der Waals surface area contributed by atoms with Crippen molar-refractivity contribution in [3.8, 4) is 0 Å². The van der Waals surface area contributed by atoms with E-state index in [1.807, 2.05) is 17.1 Å². The van der Waals surface area contributed by atoms with Gasteiger partial charge in [-0.15, -0.1) is 0 Å². The first-order chi connectivity index (χ1) is 6.61. The molecule has 4 heteroatoms. The first-order valence-electron chi connectivity index (χ1n) is 5.05. The summed E-state index contributed by atoms with van der Waals surface area (Å²) >= 11 is 3.38. The SMILES string of the molecule is CCC(C)NC(C)Cn1cc(Br)cn1. The smallest absolute Gasteiger partial charge is 0.0632 e. The fourth-order valence-corrected chi connectivity index (χ4v) is 1.70. The van der Waals surface area contributed by atoms with Gasteiger partial charge in [0.1, 0.15) is 0 Å². The van der Waals surface area contributed by atoms with Crippen LogP contribution in [0.4, 0.5) is 0 Å². The van der Waals surface area contributed by atoms with E-state index in [0.717, 1.165) is 17.4 Å². The molecule has 0 saturated heterocycles. The van der Waals surface area contributed by atoms with Crippen molar-refractivity contribution in [1.29, 1.82) is 0 Å². The lowest BCUT2D eigenvalue weighted by Crippen LogP contribution is -2.36. The van der Waals surface area contributed by atoms with Gasteiger partial charge in [0.05, 0.1) is 17.2 Å². The van der Waals surface area contributed by atoms with Gasteiger partial charge in [0.15, 0.2) is 0 Å². The van der Waals surface area contributed by atoms with Crippen LogP contribution < -0.4 is 5.32 Å². The molecular weight excluding hydrogens is 242 g/mol. The van der Waals surface area contributed by atoms with Crippen LogP contribution >= 0.6 is 15.9 Å². The largest absolute Gasteiger partial charge is 0.310 e. The van der Waals surface area contributed by atoms with Crippen molar-refractivity contribution in [1.82, 2.24) is 15.1 Å². The summed E-state index contributed by atoms with van der Waals surface area (Å²) in [5, 5.41) is 7.73. The Morgan fingerprint density at radius 2 is 2.21 bits per heavy atom. The molecule has 0 aliphatic heterocycles. The van der Waals surface area contributed by atoms with E-state index in [2.05, 4.69) is 47.1 Å². The summed E-state index contributed by atoms with van der Waals surface area (Å²) in [6, 6.07) is 1.03. The standard InChI is InChI=1S/C10H18BrN3/c1-4-8(2)13-9(3)6-14-7-10(11)5-12-14/h5,7-9,13H,4,6H2,1-3H3. The number of nitrogens with zero attached hydrogens (tertiary/aromatic N) is 2. The zero-order valence-corrected chi connectivity index (χ0v) is 10.6. The Morgan fingerprint density at radius 3 is 2.71 bits per heavy atom. The molecule has 2 unspecified atom stereocenters. The van der Waals surface area contributed by atoms with Gasteiger partial charge in [-0.1, -0.05) is 6.92 Å². The molecule has 0 aliphatic rings. The van der Waals surface area contributed by atoms with E-state index < -0.39 is 0 Å². The van der Waals surface area contributed by atoms with Crippen LogP contribution in [0.3, 0.4) is 0 Å². The van der Waals surface area contributed by atoms with Gasteiger partial charge in [0.2, 0.25) is 0 Å². The molecule has 1 aromatic heterocycles. The summed E-state index contributed by atoms with van der Waals surface area (Å²) < 4.78 is 2.98. The van der Waals surface area contributed by atoms with Gasteiger partial charge in [-0.3, -0.25) is 4.68 Å². The highest BCUT2D eigenvalue weighted by Crippen LogP contribution is 2.06. The Labute approximate surface area is 94.0 Å². The highest BCUT2D eigenvalue weighted by Gasteiger charge is 2.06. The van der Waals surface area contributed by atoms with Crippen LogP contribution in [0.1, 0.15) is 27.2 Å². The number of halogens is 1. The Hall–Kier alpha value is -0.350. The quantitative estimate of drug-likeness (QED) is 0.881. The first-order valence-corrected chi connectivity index (χ1v) is 5.85. The van der Waals surface area contributed by atoms with E-state index in [-0.39, 0.29) is 0 Å². The minimum Gasteiger partial charge on any atom is -0.310 e. The molecule has 14 heavy (non-hydrogen) atoms. The Bertz CT molecular complexity index is 272. The first kappa shape index (κ1) is 11.7. The molecule has 1 aromatic rings. The minimum absolute atomic E-state index is 0.455. The molecule has 0 saturated carbocycles. The van der Waals surface area contributed by atoms with Gasteiger partial charge in [0, 0.05) is 18.3 Å². The zero-order valence-electron chi connectivity index (χ0n) is 9.00. The molecule has 1 N–H and O–H groups in total. The molecule has 0 amide bonds. The highest BCUT2D eigenvalue weighted by atomic mass is 79.9. The molecule has 2 atom stereocenters. The van der Waals surface area contributed by atoms with Crippen molar-refractivity contribution in [3.05, 3.63) is 16.9 Å². The average molecular weight is 260 g/mol. The van der Waals surface area contributed by atoms with Crippen LogP contribution in [0.2, 0.25) is 0 Å². The second-order valence-corrected chi connectivity index (χ2v) is 4.67. The molecule has 0 fully saturated rings. The van der Waals surface area contributed by atoms with Crippen LogP contribution in [0, 0.1) is 0 Å². The molecule has 3 nitrogen and oxygen atoms in total. The molecule has 80 valence electrons. The second-order valence-electron chi connectivity index (χ2n) is 3.76. The third-order valence-electron chi connectivity index (χ3n) is 2.24. The fourth-order valence-electron chi connectivity index (χ4n) is 1.38. The van der Waals surface area contributed by atoms with Crippen molar-refractivity contribution in [3.63, 3.8) is 0 Å². The Balaban J connectivity index is 2.37.